The molecular formula is C16H22INO2. The molecule has 110 valence electrons. The van der Waals surface area contributed by atoms with Crippen molar-refractivity contribution in [2.75, 3.05) is 6.61 Å². The monoisotopic (exact) mass is 387 g/mol. The summed E-state index contributed by atoms with van der Waals surface area (Å²) in [5.74, 6) is 0.861. The zero-order valence-electron chi connectivity index (χ0n) is 12.1. The molecule has 1 fully saturated rings. The van der Waals surface area contributed by atoms with E-state index in [1.807, 2.05) is 29.2 Å². The number of carbonyl (C=O) groups excluding carboxylic acids is 1. The Labute approximate surface area is 134 Å². The Morgan fingerprint density at radius 3 is 2.45 bits per heavy atom. The van der Waals surface area contributed by atoms with Gasteiger partial charge in [-0.25, -0.2) is 0 Å². The third kappa shape index (κ3) is 4.11. The van der Waals surface area contributed by atoms with Crippen LogP contribution in [0, 0.1) is 3.57 Å². The first-order chi connectivity index (χ1) is 9.58. The lowest BCUT2D eigenvalue weighted by Crippen LogP contribution is -2.45. The van der Waals surface area contributed by atoms with Crippen molar-refractivity contribution in [1.82, 2.24) is 4.90 Å². The molecule has 1 aliphatic carbocycles. The predicted octanol–water partition coefficient (Wildman–Crippen LogP) is 3.85. The van der Waals surface area contributed by atoms with Crippen LogP contribution < -0.4 is 4.74 Å². The van der Waals surface area contributed by atoms with Gasteiger partial charge >= 0.3 is 0 Å². The fourth-order valence-electron chi connectivity index (χ4n) is 2.85. The summed E-state index contributed by atoms with van der Waals surface area (Å²) in [7, 11) is 0. The topological polar surface area (TPSA) is 29.5 Å². The van der Waals surface area contributed by atoms with E-state index in [2.05, 4.69) is 36.4 Å². The molecule has 20 heavy (non-hydrogen) atoms. The number of nitrogens with zero attached hydrogens (tertiary/aromatic N) is 1. The van der Waals surface area contributed by atoms with Crippen molar-refractivity contribution >= 4 is 28.5 Å². The summed E-state index contributed by atoms with van der Waals surface area (Å²) >= 11 is 2.25. The second kappa shape index (κ2) is 7.29. The second-order valence-corrected chi connectivity index (χ2v) is 6.82. The van der Waals surface area contributed by atoms with Gasteiger partial charge in [-0.05, 0) is 73.5 Å². The van der Waals surface area contributed by atoms with E-state index in [1.165, 1.54) is 12.8 Å². The number of rotatable bonds is 5. The highest BCUT2D eigenvalue weighted by molar-refractivity contribution is 14.1. The van der Waals surface area contributed by atoms with Crippen molar-refractivity contribution in [3.8, 4) is 5.75 Å². The highest BCUT2D eigenvalue weighted by Gasteiger charge is 2.28. The molecule has 0 bridgehead atoms. The minimum absolute atomic E-state index is 0.102. The Balaban J connectivity index is 1.92. The normalized spacial score (nSPS) is 15.6. The van der Waals surface area contributed by atoms with Crippen molar-refractivity contribution in [1.29, 1.82) is 0 Å². The zero-order valence-corrected chi connectivity index (χ0v) is 14.3. The quantitative estimate of drug-likeness (QED) is 0.719. The molecule has 3 nitrogen and oxygen atoms in total. The summed E-state index contributed by atoms with van der Waals surface area (Å²) in [5.41, 5.74) is 0. The zero-order chi connectivity index (χ0) is 14.5. The van der Waals surface area contributed by atoms with E-state index < -0.39 is 0 Å². The van der Waals surface area contributed by atoms with Crippen molar-refractivity contribution in [3.63, 3.8) is 0 Å². The Morgan fingerprint density at radius 1 is 1.30 bits per heavy atom. The van der Waals surface area contributed by atoms with Gasteiger partial charge in [0.25, 0.3) is 5.91 Å². The fourth-order valence-corrected chi connectivity index (χ4v) is 3.21. The molecule has 0 radical (unpaired) electrons. The molecular weight excluding hydrogens is 365 g/mol. The first-order valence-electron chi connectivity index (χ1n) is 7.27. The predicted molar refractivity (Wildman–Crippen MR) is 88.9 cm³/mol. The van der Waals surface area contributed by atoms with Gasteiger partial charge in [-0.2, -0.15) is 0 Å². The smallest absolute Gasteiger partial charge is 0.260 e. The molecule has 0 saturated heterocycles. The van der Waals surface area contributed by atoms with Gasteiger partial charge in [-0.3, -0.25) is 4.79 Å². The first kappa shape index (κ1) is 15.6. The van der Waals surface area contributed by atoms with Gasteiger partial charge in [-0.15, -0.1) is 0 Å². The van der Waals surface area contributed by atoms with Crippen LogP contribution in [0.25, 0.3) is 0 Å². The maximum Gasteiger partial charge on any atom is 0.260 e. The maximum atomic E-state index is 12.4. The van der Waals surface area contributed by atoms with Gasteiger partial charge < -0.3 is 9.64 Å². The second-order valence-electron chi connectivity index (χ2n) is 5.58. The molecule has 0 heterocycles. The number of carbonyl (C=O) groups is 1. The van der Waals surface area contributed by atoms with E-state index in [9.17, 15) is 4.79 Å². The fraction of sp³-hybridized carbons (Fsp3) is 0.562. The number of ether oxygens (including phenoxy) is 1. The number of halogens is 1. The summed E-state index contributed by atoms with van der Waals surface area (Å²) in [5, 5.41) is 0. The molecule has 1 aromatic rings. The van der Waals surface area contributed by atoms with E-state index in [0.717, 1.165) is 22.2 Å². The summed E-state index contributed by atoms with van der Waals surface area (Å²) in [6.07, 6.45) is 4.74. The van der Waals surface area contributed by atoms with Crippen LogP contribution in [0.1, 0.15) is 39.5 Å². The van der Waals surface area contributed by atoms with Crippen LogP contribution in [0.2, 0.25) is 0 Å². The Hall–Kier alpha value is -0.780. The van der Waals surface area contributed by atoms with E-state index in [4.69, 9.17) is 4.74 Å². The summed E-state index contributed by atoms with van der Waals surface area (Å²) < 4.78 is 6.78. The average molecular weight is 387 g/mol. The SMILES string of the molecule is CC(C)N(C(=O)COc1ccc(I)cc1)C1CCCC1. The largest absolute Gasteiger partial charge is 0.484 e. The maximum absolute atomic E-state index is 12.4. The van der Waals surface area contributed by atoms with Crippen LogP contribution >= 0.6 is 22.6 Å². The number of hydrogen-bond donors (Lipinski definition) is 0. The molecule has 0 spiro atoms. The van der Waals surface area contributed by atoms with Crippen LogP contribution in [0.15, 0.2) is 24.3 Å². The van der Waals surface area contributed by atoms with Crippen molar-refractivity contribution in [2.24, 2.45) is 0 Å². The van der Waals surface area contributed by atoms with Crippen LogP contribution in [-0.2, 0) is 4.79 Å². The summed E-state index contributed by atoms with van der Waals surface area (Å²) in [6.45, 7) is 4.30. The molecule has 2 rings (SSSR count). The minimum atomic E-state index is 0.102. The molecule has 0 aromatic heterocycles. The van der Waals surface area contributed by atoms with E-state index in [0.29, 0.717) is 6.04 Å². The number of hydrogen-bond acceptors (Lipinski definition) is 2. The molecule has 0 N–H and O–H groups in total. The van der Waals surface area contributed by atoms with Gasteiger partial charge in [0.15, 0.2) is 6.61 Å². The first-order valence-corrected chi connectivity index (χ1v) is 8.35. The molecule has 1 amide bonds. The van der Waals surface area contributed by atoms with E-state index in [-0.39, 0.29) is 18.6 Å². The lowest BCUT2D eigenvalue weighted by atomic mass is 10.1. The standard InChI is InChI=1S/C16H22INO2/c1-12(2)18(14-5-3-4-6-14)16(19)11-20-15-9-7-13(17)8-10-15/h7-10,12,14H,3-6,11H2,1-2H3. The third-order valence-corrected chi connectivity index (χ3v) is 4.46. The van der Waals surface area contributed by atoms with Crippen molar-refractivity contribution in [2.45, 2.75) is 51.6 Å². The minimum Gasteiger partial charge on any atom is -0.484 e. The molecule has 0 atom stereocenters. The summed E-state index contributed by atoms with van der Waals surface area (Å²) in [4.78, 5) is 14.4. The third-order valence-electron chi connectivity index (χ3n) is 3.74. The van der Waals surface area contributed by atoms with Crippen molar-refractivity contribution in [3.05, 3.63) is 27.8 Å². The van der Waals surface area contributed by atoms with Gasteiger partial charge in [0, 0.05) is 15.7 Å². The van der Waals surface area contributed by atoms with Crippen LogP contribution in [0.3, 0.4) is 0 Å². The molecule has 4 heteroatoms. The Morgan fingerprint density at radius 2 is 1.90 bits per heavy atom. The summed E-state index contributed by atoms with van der Waals surface area (Å²) in [6, 6.07) is 8.43. The van der Waals surface area contributed by atoms with Gasteiger partial charge in [0.2, 0.25) is 0 Å². The number of benzene rings is 1. The van der Waals surface area contributed by atoms with Crippen LogP contribution in [0.5, 0.6) is 5.75 Å². The van der Waals surface area contributed by atoms with E-state index in [1.54, 1.807) is 0 Å². The van der Waals surface area contributed by atoms with E-state index >= 15 is 0 Å². The van der Waals surface area contributed by atoms with Crippen molar-refractivity contribution < 1.29 is 9.53 Å². The molecule has 1 aliphatic rings. The van der Waals surface area contributed by atoms with Gasteiger partial charge in [0.1, 0.15) is 5.75 Å². The molecule has 0 unspecified atom stereocenters. The van der Waals surface area contributed by atoms with Gasteiger partial charge in [0.05, 0.1) is 0 Å². The van der Waals surface area contributed by atoms with Crippen LogP contribution in [-0.4, -0.2) is 29.5 Å². The Bertz CT molecular complexity index is 438. The average Bonchev–Trinajstić information content (AvgIpc) is 2.91. The number of amides is 1. The highest BCUT2D eigenvalue weighted by atomic mass is 127. The molecule has 1 saturated carbocycles. The molecule has 1 aromatic carbocycles. The Kier molecular flexibility index (Phi) is 5.69. The van der Waals surface area contributed by atoms with Gasteiger partial charge in [-0.1, -0.05) is 12.8 Å². The lowest BCUT2D eigenvalue weighted by molar-refractivity contribution is -0.137. The highest BCUT2D eigenvalue weighted by Crippen LogP contribution is 2.25. The molecule has 0 aliphatic heterocycles. The lowest BCUT2D eigenvalue weighted by Gasteiger charge is -2.32. The van der Waals surface area contributed by atoms with Crippen LogP contribution in [0.4, 0.5) is 0 Å².